The highest BCUT2D eigenvalue weighted by atomic mass is 79.9. The zero-order valence-corrected chi connectivity index (χ0v) is 17.4. The Morgan fingerprint density at radius 3 is 2.46 bits per heavy atom. The number of nitrogens with one attached hydrogen (secondary N) is 1. The van der Waals surface area contributed by atoms with Gasteiger partial charge in [0, 0.05) is 11.9 Å². The Hall–Kier alpha value is -2.14. The number of pyridine rings is 1. The number of benzene rings is 1. The van der Waals surface area contributed by atoms with Crippen molar-refractivity contribution in [3.63, 3.8) is 0 Å². The lowest BCUT2D eigenvalue weighted by atomic mass is 9.87. The molecule has 1 amide bonds. The van der Waals surface area contributed by atoms with Crippen molar-refractivity contribution in [3.8, 4) is 0 Å². The van der Waals surface area contributed by atoms with Gasteiger partial charge in [-0.05, 0) is 64.0 Å². The second kappa shape index (κ2) is 6.88. The molecule has 3 rings (SSSR count). The lowest BCUT2D eigenvalue weighted by Crippen LogP contribution is -2.17. The summed E-state index contributed by atoms with van der Waals surface area (Å²) in [6.07, 6.45) is 2.64. The van der Waals surface area contributed by atoms with Crippen molar-refractivity contribution in [2.45, 2.75) is 46.5 Å². The molecular weight excluding hydrogens is 390 g/mol. The molecule has 0 saturated heterocycles. The molecule has 0 bridgehead atoms. The van der Waals surface area contributed by atoms with Gasteiger partial charge in [-0.2, -0.15) is 0 Å². The van der Waals surface area contributed by atoms with Crippen LogP contribution in [-0.2, 0) is 11.8 Å². The minimum Gasteiger partial charge on any atom is -0.321 e. The van der Waals surface area contributed by atoms with E-state index >= 15 is 0 Å². The minimum atomic E-state index is -0.143. The summed E-state index contributed by atoms with van der Waals surface area (Å²) in [6.45, 7) is 10.5. The number of aromatic nitrogens is 2. The van der Waals surface area contributed by atoms with E-state index in [4.69, 9.17) is 0 Å². The topological polar surface area (TPSA) is 46.4 Å². The van der Waals surface area contributed by atoms with Crippen LogP contribution in [0.5, 0.6) is 0 Å². The number of fused-ring (bicyclic) bond motifs is 1. The summed E-state index contributed by atoms with van der Waals surface area (Å²) in [5.74, 6) is -0.143. The number of anilines is 1. The van der Waals surface area contributed by atoms with Crippen LogP contribution in [-0.4, -0.2) is 15.3 Å². The van der Waals surface area contributed by atoms with E-state index in [1.54, 1.807) is 0 Å². The van der Waals surface area contributed by atoms with Crippen LogP contribution >= 0.6 is 15.9 Å². The van der Waals surface area contributed by atoms with Crippen LogP contribution in [0.4, 0.5) is 5.69 Å². The first-order chi connectivity index (χ1) is 12.2. The molecule has 0 aliphatic heterocycles. The second-order valence-electron chi connectivity index (χ2n) is 7.60. The predicted molar refractivity (Wildman–Crippen MR) is 110 cm³/mol. The van der Waals surface area contributed by atoms with Crippen LogP contribution in [0, 0.1) is 6.92 Å². The van der Waals surface area contributed by atoms with Crippen LogP contribution in [0.1, 0.15) is 55.0 Å². The summed E-state index contributed by atoms with van der Waals surface area (Å²) >= 11 is 3.55. The van der Waals surface area contributed by atoms with Crippen LogP contribution in [0.15, 0.2) is 41.0 Å². The number of carbonyl (C=O) groups is 1. The quantitative estimate of drug-likeness (QED) is 0.614. The van der Waals surface area contributed by atoms with Crippen LogP contribution in [0.3, 0.4) is 0 Å². The summed E-state index contributed by atoms with van der Waals surface area (Å²) in [5.41, 5.74) is 5.31. The normalized spacial score (nSPS) is 11.8. The Balaban J connectivity index is 1.97. The lowest BCUT2D eigenvalue weighted by molar-refractivity contribution is 0.102. The molecule has 26 heavy (non-hydrogen) atoms. The first kappa shape index (κ1) is 18.6. The van der Waals surface area contributed by atoms with Crippen molar-refractivity contribution in [2.24, 2.45) is 0 Å². The minimum absolute atomic E-state index is 0.0867. The van der Waals surface area contributed by atoms with E-state index in [1.165, 1.54) is 5.56 Å². The average molecular weight is 414 g/mol. The van der Waals surface area contributed by atoms with Crippen molar-refractivity contribution in [2.75, 3.05) is 5.32 Å². The Labute approximate surface area is 162 Å². The Morgan fingerprint density at radius 1 is 1.23 bits per heavy atom. The molecule has 0 saturated carbocycles. The van der Waals surface area contributed by atoms with Crippen molar-refractivity contribution < 1.29 is 4.79 Å². The molecule has 2 aromatic heterocycles. The maximum absolute atomic E-state index is 13.0. The van der Waals surface area contributed by atoms with Gasteiger partial charge in [0.2, 0.25) is 0 Å². The maximum Gasteiger partial charge on any atom is 0.274 e. The number of halogens is 1. The number of amides is 1. The molecule has 0 spiro atoms. The molecule has 0 aliphatic rings. The summed E-state index contributed by atoms with van der Waals surface area (Å²) < 4.78 is 2.76. The lowest BCUT2D eigenvalue weighted by Gasteiger charge is -2.19. The maximum atomic E-state index is 13.0. The van der Waals surface area contributed by atoms with Gasteiger partial charge in [-0.1, -0.05) is 39.8 Å². The molecule has 0 radical (unpaired) electrons. The number of rotatable bonds is 3. The molecule has 0 fully saturated rings. The zero-order chi connectivity index (χ0) is 19.1. The number of hydrogen-bond acceptors (Lipinski definition) is 2. The number of carbonyl (C=O) groups excluding carboxylic acids is 1. The van der Waals surface area contributed by atoms with Gasteiger partial charge in [-0.3, -0.25) is 9.20 Å². The van der Waals surface area contributed by atoms with Gasteiger partial charge < -0.3 is 5.32 Å². The number of nitrogens with zero attached hydrogens (tertiary/aromatic N) is 2. The van der Waals surface area contributed by atoms with E-state index in [0.717, 1.165) is 27.1 Å². The van der Waals surface area contributed by atoms with Gasteiger partial charge in [0.1, 0.15) is 5.69 Å². The van der Waals surface area contributed by atoms with E-state index in [1.807, 2.05) is 42.6 Å². The number of imidazole rings is 1. The van der Waals surface area contributed by atoms with E-state index in [0.29, 0.717) is 12.1 Å². The van der Waals surface area contributed by atoms with Gasteiger partial charge in [0.05, 0.1) is 10.2 Å². The molecule has 1 N–H and O–H groups in total. The van der Waals surface area contributed by atoms with E-state index < -0.39 is 0 Å². The van der Waals surface area contributed by atoms with Gasteiger partial charge in [-0.15, -0.1) is 0 Å². The first-order valence-electron chi connectivity index (χ1n) is 8.79. The second-order valence-corrected chi connectivity index (χ2v) is 8.46. The van der Waals surface area contributed by atoms with Crippen molar-refractivity contribution >= 4 is 33.2 Å². The highest BCUT2D eigenvalue weighted by molar-refractivity contribution is 9.10. The predicted octanol–water partition coefficient (Wildman–Crippen LogP) is 5.52. The van der Waals surface area contributed by atoms with Crippen molar-refractivity contribution in [1.29, 1.82) is 0 Å². The SMILES string of the molecule is CCc1nc2c(Br)cc(C)cn2c1C(=O)Nc1ccc(C(C)(C)C)cc1. The van der Waals surface area contributed by atoms with Crippen molar-refractivity contribution in [3.05, 3.63) is 63.5 Å². The third kappa shape index (κ3) is 3.54. The Morgan fingerprint density at radius 2 is 1.88 bits per heavy atom. The van der Waals surface area contributed by atoms with E-state index in [2.05, 4.69) is 59.1 Å². The monoisotopic (exact) mass is 413 g/mol. The van der Waals surface area contributed by atoms with Gasteiger partial charge in [0.15, 0.2) is 5.65 Å². The summed E-state index contributed by atoms with van der Waals surface area (Å²) in [4.78, 5) is 17.6. The zero-order valence-electron chi connectivity index (χ0n) is 15.9. The number of hydrogen-bond donors (Lipinski definition) is 1. The highest BCUT2D eigenvalue weighted by Crippen LogP contribution is 2.25. The summed E-state index contributed by atoms with van der Waals surface area (Å²) in [5, 5.41) is 3.01. The van der Waals surface area contributed by atoms with Gasteiger partial charge >= 0.3 is 0 Å². The van der Waals surface area contributed by atoms with Gasteiger partial charge in [0.25, 0.3) is 5.91 Å². The summed E-state index contributed by atoms with van der Waals surface area (Å²) in [7, 11) is 0. The smallest absolute Gasteiger partial charge is 0.274 e. The third-order valence-corrected chi connectivity index (χ3v) is 5.03. The summed E-state index contributed by atoms with van der Waals surface area (Å²) in [6, 6.07) is 10.0. The van der Waals surface area contributed by atoms with E-state index in [-0.39, 0.29) is 11.3 Å². The third-order valence-electron chi connectivity index (χ3n) is 4.44. The molecular formula is C21H24BrN3O. The average Bonchev–Trinajstić information content (AvgIpc) is 2.93. The van der Waals surface area contributed by atoms with E-state index in [9.17, 15) is 4.79 Å². The molecule has 4 nitrogen and oxygen atoms in total. The molecule has 0 unspecified atom stereocenters. The fourth-order valence-electron chi connectivity index (χ4n) is 3.01. The highest BCUT2D eigenvalue weighted by Gasteiger charge is 2.20. The molecule has 3 aromatic rings. The molecule has 0 atom stereocenters. The standard InChI is InChI=1S/C21H24BrN3O/c1-6-17-18(25-12-13(2)11-16(22)19(25)24-17)20(26)23-15-9-7-14(8-10-15)21(3,4)5/h7-12H,6H2,1-5H3,(H,23,26). The molecule has 2 heterocycles. The first-order valence-corrected chi connectivity index (χ1v) is 9.59. The molecule has 5 heteroatoms. The van der Waals surface area contributed by atoms with Gasteiger partial charge in [-0.25, -0.2) is 4.98 Å². The molecule has 0 aliphatic carbocycles. The van der Waals surface area contributed by atoms with Crippen LogP contribution in [0.25, 0.3) is 5.65 Å². The van der Waals surface area contributed by atoms with Crippen LogP contribution in [0.2, 0.25) is 0 Å². The Bertz CT molecular complexity index is 966. The van der Waals surface area contributed by atoms with Crippen LogP contribution < -0.4 is 5.32 Å². The fourth-order valence-corrected chi connectivity index (χ4v) is 3.65. The number of aryl methyl sites for hydroxylation is 2. The fraction of sp³-hybridized carbons (Fsp3) is 0.333. The van der Waals surface area contributed by atoms with Crippen molar-refractivity contribution in [1.82, 2.24) is 9.38 Å². The largest absolute Gasteiger partial charge is 0.321 e. The molecule has 136 valence electrons. The molecule has 1 aromatic carbocycles. The Kier molecular flexibility index (Phi) is 4.93.